The maximum Gasteiger partial charge on any atom is 0.279 e. The van der Waals surface area contributed by atoms with Gasteiger partial charge in [0.15, 0.2) is 0 Å². The van der Waals surface area contributed by atoms with Crippen LogP contribution < -0.4 is 10.5 Å². The van der Waals surface area contributed by atoms with Gasteiger partial charge in [-0.3, -0.25) is 0 Å². The second kappa shape index (κ2) is 7.55. The van der Waals surface area contributed by atoms with Gasteiger partial charge < -0.3 is 10.9 Å². The number of hydrogen-bond acceptors (Lipinski definition) is 4. The summed E-state index contributed by atoms with van der Waals surface area (Å²) in [7, 11) is -3.32. The predicted molar refractivity (Wildman–Crippen MR) is 69.6 cm³/mol. The van der Waals surface area contributed by atoms with Gasteiger partial charge >= 0.3 is 0 Å². The van der Waals surface area contributed by atoms with Gasteiger partial charge in [-0.2, -0.15) is 12.7 Å². The summed E-state index contributed by atoms with van der Waals surface area (Å²) in [4.78, 5) is 0. The van der Waals surface area contributed by atoms with Crippen LogP contribution in [0.1, 0.15) is 38.5 Å². The first-order valence-corrected chi connectivity index (χ1v) is 7.71. The molecule has 4 N–H and O–H groups in total. The van der Waals surface area contributed by atoms with Crippen LogP contribution in [0.4, 0.5) is 0 Å². The molecule has 1 fully saturated rings. The second-order valence-electron chi connectivity index (χ2n) is 4.41. The van der Waals surface area contributed by atoms with E-state index in [9.17, 15) is 8.42 Å². The molecule has 1 aliphatic rings. The van der Waals surface area contributed by atoms with E-state index >= 15 is 0 Å². The van der Waals surface area contributed by atoms with Gasteiger partial charge in [-0.15, -0.1) is 0 Å². The maximum atomic E-state index is 11.9. The first-order valence-electron chi connectivity index (χ1n) is 6.27. The van der Waals surface area contributed by atoms with Crippen LogP contribution in [0, 0.1) is 0 Å². The van der Waals surface area contributed by atoms with Crippen molar-refractivity contribution in [2.75, 3.05) is 19.6 Å². The van der Waals surface area contributed by atoms with Gasteiger partial charge in [0, 0.05) is 26.1 Å². The zero-order chi connectivity index (χ0) is 13.4. The lowest BCUT2D eigenvalue weighted by atomic mass is 10.2. The van der Waals surface area contributed by atoms with Gasteiger partial charge in [-0.1, -0.05) is 11.6 Å². The smallest absolute Gasteiger partial charge is 0.279 e. The number of amidine groups is 1. The first-order chi connectivity index (χ1) is 8.56. The minimum atomic E-state index is -3.32. The third kappa shape index (κ3) is 5.19. The van der Waals surface area contributed by atoms with Crippen LogP contribution in [0.25, 0.3) is 0 Å². The number of unbranched alkanes of at least 4 members (excludes halogenated alkanes) is 1. The molecule has 0 aliphatic carbocycles. The molecule has 0 aromatic rings. The van der Waals surface area contributed by atoms with E-state index < -0.39 is 10.2 Å². The van der Waals surface area contributed by atoms with E-state index in [1.807, 2.05) is 0 Å². The topological polar surface area (TPSA) is 108 Å². The highest BCUT2D eigenvalue weighted by atomic mass is 32.2. The maximum absolute atomic E-state index is 11.9. The average molecular weight is 278 g/mol. The summed E-state index contributed by atoms with van der Waals surface area (Å²) < 4.78 is 27.8. The molecule has 0 aromatic heterocycles. The largest absolute Gasteiger partial charge is 0.409 e. The number of oxime groups is 1. The highest BCUT2D eigenvalue weighted by molar-refractivity contribution is 7.87. The van der Waals surface area contributed by atoms with Crippen LogP contribution in [0.5, 0.6) is 0 Å². The lowest BCUT2D eigenvalue weighted by Crippen LogP contribution is -2.43. The Bertz CT molecular complexity index is 363. The summed E-state index contributed by atoms with van der Waals surface area (Å²) in [6, 6.07) is 0. The normalized spacial score (nSPS) is 19.0. The highest BCUT2D eigenvalue weighted by Gasteiger charge is 2.22. The molecule has 0 saturated carbocycles. The summed E-state index contributed by atoms with van der Waals surface area (Å²) in [6.07, 6.45) is 4.81. The third-order valence-corrected chi connectivity index (χ3v) is 4.54. The van der Waals surface area contributed by atoms with Crippen LogP contribution in [0.2, 0.25) is 0 Å². The first kappa shape index (κ1) is 15.2. The molecule has 1 saturated heterocycles. The van der Waals surface area contributed by atoms with Crippen LogP contribution in [0.3, 0.4) is 0 Å². The lowest BCUT2D eigenvalue weighted by Gasteiger charge is -2.25. The molecule has 106 valence electrons. The minimum absolute atomic E-state index is 0.175. The van der Waals surface area contributed by atoms with E-state index in [1.165, 1.54) is 4.31 Å². The molecule has 0 unspecified atom stereocenters. The number of hydrogen-bond donors (Lipinski definition) is 3. The van der Waals surface area contributed by atoms with E-state index in [4.69, 9.17) is 10.9 Å². The molecule has 7 nitrogen and oxygen atoms in total. The molecule has 0 aromatic carbocycles. The Balaban J connectivity index is 2.21. The minimum Gasteiger partial charge on any atom is -0.409 e. The van der Waals surface area contributed by atoms with Crippen molar-refractivity contribution in [1.82, 2.24) is 9.03 Å². The molecule has 0 amide bonds. The van der Waals surface area contributed by atoms with Crippen molar-refractivity contribution in [1.29, 1.82) is 0 Å². The lowest BCUT2D eigenvalue weighted by molar-refractivity contribution is 0.316. The fraction of sp³-hybridized carbons (Fsp3) is 0.900. The Morgan fingerprint density at radius 1 is 1.28 bits per heavy atom. The fourth-order valence-corrected chi connectivity index (χ4v) is 3.20. The van der Waals surface area contributed by atoms with Gasteiger partial charge in [0.1, 0.15) is 5.84 Å². The predicted octanol–water partition coefficient (Wildman–Crippen LogP) is 0.223. The van der Waals surface area contributed by atoms with E-state index in [-0.39, 0.29) is 5.84 Å². The zero-order valence-corrected chi connectivity index (χ0v) is 11.3. The molecule has 8 heteroatoms. The molecule has 0 radical (unpaired) electrons. The Kier molecular flexibility index (Phi) is 6.37. The van der Waals surface area contributed by atoms with Crippen LogP contribution in [-0.4, -0.2) is 43.4 Å². The SMILES string of the molecule is NC(CCCCNS(=O)(=O)N1CCCCC1)=NO. The summed E-state index contributed by atoms with van der Waals surface area (Å²) in [5.41, 5.74) is 5.31. The van der Waals surface area contributed by atoms with Gasteiger partial charge in [-0.05, 0) is 25.7 Å². The molecule has 0 spiro atoms. The van der Waals surface area contributed by atoms with Crippen LogP contribution in [0.15, 0.2) is 5.16 Å². The van der Waals surface area contributed by atoms with E-state index in [1.54, 1.807) is 0 Å². The number of nitrogens with two attached hydrogens (primary N) is 1. The molecular weight excluding hydrogens is 256 g/mol. The van der Waals surface area contributed by atoms with Gasteiger partial charge in [-0.25, -0.2) is 4.72 Å². The van der Waals surface area contributed by atoms with Crippen molar-refractivity contribution in [2.45, 2.75) is 38.5 Å². The van der Waals surface area contributed by atoms with Crippen LogP contribution >= 0.6 is 0 Å². The molecule has 1 heterocycles. The number of nitrogens with zero attached hydrogens (tertiary/aromatic N) is 2. The standard InChI is InChI=1S/C10H22N4O3S/c11-10(13-15)6-2-3-7-12-18(16,17)14-8-4-1-5-9-14/h12,15H,1-9H2,(H2,11,13). The fourth-order valence-electron chi connectivity index (χ4n) is 1.88. The summed E-state index contributed by atoms with van der Waals surface area (Å²) in [6.45, 7) is 1.61. The molecule has 0 bridgehead atoms. The number of piperidine rings is 1. The van der Waals surface area contributed by atoms with E-state index in [0.29, 0.717) is 38.9 Å². The Morgan fingerprint density at radius 3 is 2.56 bits per heavy atom. The third-order valence-electron chi connectivity index (χ3n) is 2.93. The summed E-state index contributed by atoms with van der Waals surface area (Å²) >= 11 is 0. The highest BCUT2D eigenvalue weighted by Crippen LogP contribution is 2.11. The summed E-state index contributed by atoms with van der Waals surface area (Å²) in [5, 5.41) is 11.2. The van der Waals surface area contributed by atoms with Gasteiger partial charge in [0.2, 0.25) is 0 Å². The van der Waals surface area contributed by atoms with Gasteiger partial charge in [0.05, 0.1) is 0 Å². The van der Waals surface area contributed by atoms with E-state index in [0.717, 1.165) is 19.3 Å². The van der Waals surface area contributed by atoms with Gasteiger partial charge in [0.25, 0.3) is 10.2 Å². The monoisotopic (exact) mass is 278 g/mol. The number of nitrogens with one attached hydrogen (secondary N) is 1. The average Bonchev–Trinajstić information content (AvgIpc) is 2.39. The second-order valence-corrected chi connectivity index (χ2v) is 6.16. The Labute approximate surface area is 108 Å². The number of rotatable bonds is 7. The molecule has 1 rings (SSSR count). The van der Waals surface area contributed by atoms with Crippen molar-refractivity contribution in [3.8, 4) is 0 Å². The van der Waals surface area contributed by atoms with Crippen molar-refractivity contribution in [3.05, 3.63) is 0 Å². The van der Waals surface area contributed by atoms with Crippen molar-refractivity contribution in [2.24, 2.45) is 10.9 Å². The molecule has 18 heavy (non-hydrogen) atoms. The van der Waals surface area contributed by atoms with Crippen molar-refractivity contribution in [3.63, 3.8) is 0 Å². The van der Waals surface area contributed by atoms with Crippen LogP contribution in [-0.2, 0) is 10.2 Å². The van der Waals surface area contributed by atoms with Crippen molar-refractivity contribution >= 4 is 16.0 Å². The quantitative estimate of drug-likeness (QED) is 0.203. The zero-order valence-electron chi connectivity index (χ0n) is 10.5. The Hall–Kier alpha value is -0.860. The van der Waals surface area contributed by atoms with E-state index in [2.05, 4.69) is 9.88 Å². The Morgan fingerprint density at radius 2 is 1.94 bits per heavy atom. The summed E-state index contributed by atoms with van der Waals surface area (Å²) in [5.74, 6) is 0.175. The molecular formula is C10H22N4O3S. The molecule has 1 aliphatic heterocycles. The molecule has 0 atom stereocenters. The van der Waals surface area contributed by atoms with Crippen molar-refractivity contribution < 1.29 is 13.6 Å².